The monoisotopic (exact) mass is 240 g/mol. The molecule has 0 fully saturated rings. The van der Waals surface area contributed by atoms with Crippen LogP contribution in [0.25, 0.3) is 11.4 Å². The minimum absolute atomic E-state index is 0. The molecule has 0 unspecified atom stereocenters. The Morgan fingerprint density at radius 3 is 1.53 bits per heavy atom. The van der Waals surface area contributed by atoms with Gasteiger partial charge in [0.2, 0.25) is 0 Å². The van der Waals surface area contributed by atoms with Gasteiger partial charge in [-0.05, 0) is 49.2 Å². The largest absolute Gasteiger partial charge is 0.255 e. The van der Waals surface area contributed by atoms with Crippen LogP contribution in [0.4, 0.5) is 0 Å². The zero-order valence-electron chi connectivity index (χ0n) is 8.71. The Balaban J connectivity index is 0.00000112. The summed E-state index contributed by atoms with van der Waals surface area (Å²) in [6.45, 7) is 4.11. The molecular formula is C12H12FeN2. The normalized spacial score (nSPS) is 9.47. The van der Waals surface area contributed by atoms with Gasteiger partial charge in [-0.2, -0.15) is 0 Å². The van der Waals surface area contributed by atoms with Crippen molar-refractivity contribution < 1.29 is 17.1 Å². The van der Waals surface area contributed by atoms with Crippen LogP contribution in [0.15, 0.2) is 36.7 Å². The molecule has 2 aromatic rings. The third-order valence-corrected chi connectivity index (χ3v) is 2.09. The molecule has 0 aromatic carbocycles. The molecule has 2 heterocycles. The second-order valence-electron chi connectivity index (χ2n) is 3.44. The molecule has 0 bridgehead atoms. The first-order valence-electron chi connectivity index (χ1n) is 4.61. The molecule has 2 nitrogen and oxygen atoms in total. The smallest absolute Gasteiger partial charge is 0.0888 e. The summed E-state index contributed by atoms with van der Waals surface area (Å²) < 4.78 is 0. The van der Waals surface area contributed by atoms with Gasteiger partial charge in [0.15, 0.2) is 0 Å². The van der Waals surface area contributed by atoms with E-state index in [1.807, 2.05) is 36.7 Å². The van der Waals surface area contributed by atoms with Gasteiger partial charge in [0, 0.05) is 29.5 Å². The number of hydrogen-bond acceptors (Lipinski definition) is 2. The Morgan fingerprint density at radius 2 is 1.20 bits per heavy atom. The van der Waals surface area contributed by atoms with Gasteiger partial charge in [-0.3, -0.25) is 9.97 Å². The van der Waals surface area contributed by atoms with Gasteiger partial charge in [0.05, 0.1) is 11.4 Å². The first-order chi connectivity index (χ1) is 6.75. The van der Waals surface area contributed by atoms with Crippen molar-refractivity contribution in [3.05, 3.63) is 47.8 Å². The van der Waals surface area contributed by atoms with Crippen LogP contribution in [-0.4, -0.2) is 9.97 Å². The molecule has 0 aliphatic carbocycles. The molecule has 0 amide bonds. The SMILES string of the molecule is Cc1ccnc(-c2cc(C)ccn2)c1.[Fe]. The summed E-state index contributed by atoms with van der Waals surface area (Å²) in [4.78, 5) is 8.58. The van der Waals surface area contributed by atoms with Gasteiger partial charge in [-0.15, -0.1) is 0 Å². The number of nitrogens with zero attached hydrogens (tertiary/aromatic N) is 2. The Labute approximate surface area is 100 Å². The van der Waals surface area contributed by atoms with Crippen LogP contribution in [0.1, 0.15) is 11.1 Å². The van der Waals surface area contributed by atoms with Crippen molar-refractivity contribution in [2.45, 2.75) is 13.8 Å². The van der Waals surface area contributed by atoms with E-state index in [2.05, 4.69) is 23.8 Å². The van der Waals surface area contributed by atoms with Crippen LogP contribution in [0.5, 0.6) is 0 Å². The molecule has 2 aromatic heterocycles. The van der Waals surface area contributed by atoms with Crippen molar-refractivity contribution in [1.29, 1.82) is 0 Å². The maximum Gasteiger partial charge on any atom is 0.0888 e. The average molecular weight is 240 g/mol. The molecule has 0 aliphatic rings. The number of rotatable bonds is 1. The van der Waals surface area contributed by atoms with E-state index in [0.717, 1.165) is 11.4 Å². The summed E-state index contributed by atoms with van der Waals surface area (Å²) in [5.41, 5.74) is 4.29. The molecule has 0 atom stereocenters. The van der Waals surface area contributed by atoms with E-state index >= 15 is 0 Å². The molecule has 0 radical (unpaired) electrons. The van der Waals surface area contributed by atoms with E-state index in [9.17, 15) is 0 Å². The summed E-state index contributed by atoms with van der Waals surface area (Å²) in [7, 11) is 0. The van der Waals surface area contributed by atoms with Crippen molar-refractivity contribution in [2.75, 3.05) is 0 Å². The van der Waals surface area contributed by atoms with Gasteiger partial charge in [0.25, 0.3) is 0 Å². The Hall–Kier alpha value is -1.18. The molecule has 3 heteroatoms. The summed E-state index contributed by atoms with van der Waals surface area (Å²) >= 11 is 0. The molecule has 0 spiro atoms. The van der Waals surface area contributed by atoms with Gasteiger partial charge >= 0.3 is 0 Å². The molecule has 0 aliphatic heterocycles. The van der Waals surface area contributed by atoms with Gasteiger partial charge in [-0.1, -0.05) is 0 Å². The summed E-state index contributed by atoms with van der Waals surface area (Å²) in [5, 5.41) is 0. The van der Waals surface area contributed by atoms with Crippen molar-refractivity contribution >= 4 is 0 Å². The van der Waals surface area contributed by atoms with Gasteiger partial charge in [0.1, 0.15) is 0 Å². The minimum atomic E-state index is 0. The van der Waals surface area contributed by atoms with Crippen LogP contribution in [0.2, 0.25) is 0 Å². The minimum Gasteiger partial charge on any atom is -0.255 e. The summed E-state index contributed by atoms with van der Waals surface area (Å²) in [6.07, 6.45) is 3.63. The standard InChI is InChI=1S/C12H12N2.Fe/c1-9-3-5-13-11(7-9)12-8-10(2)4-6-14-12;/h3-8H,1-2H3;. The van der Waals surface area contributed by atoms with Crippen molar-refractivity contribution in [1.82, 2.24) is 9.97 Å². The van der Waals surface area contributed by atoms with E-state index < -0.39 is 0 Å². The quantitative estimate of drug-likeness (QED) is 0.716. The first-order valence-corrected chi connectivity index (χ1v) is 4.61. The number of aromatic nitrogens is 2. The fraction of sp³-hybridized carbons (Fsp3) is 0.167. The van der Waals surface area contributed by atoms with Gasteiger partial charge in [-0.25, -0.2) is 0 Å². The summed E-state index contributed by atoms with van der Waals surface area (Å²) in [5.74, 6) is 0. The van der Waals surface area contributed by atoms with Crippen molar-refractivity contribution in [2.24, 2.45) is 0 Å². The average Bonchev–Trinajstić information content (AvgIpc) is 2.18. The molecule has 78 valence electrons. The fourth-order valence-electron chi connectivity index (χ4n) is 1.35. The van der Waals surface area contributed by atoms with E-state index in [0.29, 0.717) is 0 Å². The Morgan fingerprint density at radius 1 is 0.800 bits per heavy atom. The van der Waals surface area contributed by atoms with Crippen LogP contribution < -0.4 is 0 Å². The third kappa shape index (κ3) is 2.88. The zero-order valence-corrected chi connectivity index (χ0v) is 9.82. The number of aryl methyl sites for hydroxylation is 2. The van der Waals surface area contributed by atoms with Crippen molar-refractivity contribution in [3.8, 4) is 11.4 Å². The molecule has 0 saturated heterocycles. The fourth-order valence-corrected chi connectivity index (χ4v) is 1.35. The molecule has 0 N–H and O–H groups in total. The zero-order chi connectivity index (χ0) is 9.97. The van der Waals surface area contributed by atoms with Crippen LogP contribution >= 0.6 is 0 Å². The maximum absolute atomic E-state index is 4.29. The second kappa shape index (κ2) is 5.06. The molecule has 15 heavy (non-hydrogen) atoms. The summed E-state index contributed by atoms with van der Waals surface area (Å²) in [6, 6.07) is 8.06. The van der Waals surface area contributed by atoms with E-state index in [-0.39, 0.29) is 17.1 Å². The second-order valence-corrected chi connectivity index (χ2v) is 3.44. The number of pyridine rings is 2. The third-order valence-electron chi connectivity index (χ3n) is 2.09. The van der Waals surface area contributed by atoms with Crippen LogP contribution in [-0.2, 0) is 17.1 Å². The predicted molar refractivity (Wildman–Crippen MR) is 56.9 cm³/mol. The number of hydrogen-bond donors (Lipinski definition) is 0. The Kier molecular flexibility index (Phi) is 4.01. The van der Waals surface area contributed by atoms with E-state index in [1.54, 1.807) is 0 Å². The van der Waals surface area contributed by atoms with Crippen LogP contribution in [0.3, 0.4) is 0 Å². The Bertz CT molecular complexity index is 411. The molecular weight excluding hydrogens is 228 g/mol. The van der Waals surface area contributed by atoms with Gasteiger partial charge < -0.3 is 0 Å². The topological polar surface area (TPSA) is 25.8 Å². The maximum atomic E-state index is 4.29. The molecule has 0 saturated carbocycles. The first kappa shape index (κ1) is 11.9. The van der Waals surface area contributed by atoms with Crippen molar-refractivity contribution in [3.63, 3.8) is 0 Å². The van der Waals surface area contributed by atoms with Crippen LogP contribution in [0, 0.1) is 13.8 Å². The molecule has 2 rings (SSSR count). The van der Waals surface area contributed by atoms with E-state index in [4.69, 9.17) is 0 Å². The van der Waals surface area contributed by atoms with E-state index in [1.165, 1.54) is 11.1 Å². The predicted octanol–water partition coefficient (Wildman–Crippen LogP) is 2.76.